The molecule has 1 amide bonds. The first-order chi connectivity index (χ1) is 7.07. The second-order valence-electron chi connectivity index (χ2n) is 4.59. The first-order valence-electron chi connectivity index (χ1n) is 5.58. The van der Waals surface area contributed by atoms with Gasteiger partial charge in [0.05, 0.1) is 17.4 Å². The van der Waals surface area contributed by atoms with E-state index in [1.807, 2.05) is 0 Å². The van der Waals surface area contributed by atoms with Gasteiger partial charge in [0.2, 0.25) is 5.91 Å². The summed E-state index contributed by atoms with van der Waals surface area (Å²) in [5.74, 6) is -0.125. The van der Waals surface area contributed by atoms with Crippen molar-refractivity contribution in [3.8, 4) is 0 Å². The van der Waals surface area contributed by atoms with E-state index in [1.54, 1.807) is 0 Å². The zero-order valence-corrected chi connectivity index (χ0v) is 9.55. The minimum absolute atomic E-state index is 0.0472. The van der Waals surface area contributed by atoms with Crippen LogP contribution in [-0.4, -0.2) is 31.9 Å². The molecule has 2 rings (SSSR count). The Kier molecular flexibility index (Phi) is 3.00. The average molecular weight is 231 g/mol. The molecule has 1 aliphatic carbocycles. The molecule has 1 saturated heterocycles. The van der Waals surface area contributed by atoms with Gasteiger partial charge in [-0.25, -0.2) is 8.42 Å². The molecule has 1 unspecified atom stereocenters. The smallest absolute Gasteiger partial charge is 0.224 e. The number of hydrogen-bond acceptors (Lipinski definition) is 3. The summed E-state index contributed by atoms with van der Waals surface area (Å²) in [6.07, 6.45) is 4.94. The molecule has 1 heterocycles. The lowest BCUT2D eigenvalue weighted by atomic mass is 10.1. The molecular weight excluding hydrogens is 214 g/mol. The lowest BCUT2D eigenvalue weighted by molar-refractivity contribution is -0.124. The maximum absolute atomic E-state index is 11.7. The third-order valence-corrected chi connectivity index (χ3v) is 5.07. The molecule has 5 heteroatoms. The van der Waals surface area contributed by atoms with Crippen molar-refractivity contribution < 1.29 is 13.2 Å². The normalized spacial score (nSPS) is 30.5. The van der Waals surface area contributed by atoms with Gasteiger partial charge < -0.3 is 5.32 Å². The van der Waals surface area contributed by atoms with Gasteiger partial charge in [-0.15, -0.1) is 0 Å². The van der Waals surface area contributed by atoms with Gasteiger partial charge in [0, 0.05) is 6.04 Å². The van der Waals surface area contributed by atoms with Crippen LogP contribution in [0.3, 0.4) is 0 Å². The van der Waals surface area contributed by atoms with E-state index in [0.717, 1.165) is 12.8 Å². The second kappa shape index (κ2) is 4.12. The Hall–Kier alpha value is -0.580. The monoisotopic (exact) mass is 231 g/mol. The molecule has 86 valence electrons. The van der Waals surface area contributed by atoms with Crippen LogP contribution in [0.25, 0.3) is 0 Å². The Morgan fingerprint density at radius 3 is 2.33 bits per heavy atom. The number of rotatable bonds is 2. The largest absolute Gasteiger partial charge is 0.353 e. The Bertz CT molecular complexity index is 344. The third kappa shape index (κ3) is 2.71. The van der Waals surface area contributed by atoms with E-state index in [4.69, 9.17) is 0 Å². The van der Waals surface area contributed by atoms with E-state index in [2.05, 4.69) is 5.32 Å². The maximum atomic E-state index is 11.7. The molecule has 0 bridgehead atoms. The first kappa shape index (κ1) is 10.9. The topological polar surface area (TPSA) is 63.2 Å². The zero-order valence-electron chi connectivity index (χ0n) is 8.74. The van der Waals surface area contributed by atoms with E-state index in [-0.39, 0.29) is 23.3 Å². The minimum atomic E-state index is -2.93. The van der Waals surface area contributed by atoms with Crippen molar-refractivity contribution >= 4 is 15.7 Å². The van der Waals surface area contributed by atoms with Crippen LogP contribution in [0.5, 0.6) is 0 Å². The molecule has 1 N–H and O–H groups in total. The average Bonchev–Trinajstić information content (AvgIpc) is 2.74. The van der Waals surface area contributed by atoms with Crippen molar-refractivity contribution in [2.75, 3.05) is 11.5 Å². The second-order valence-corrected chi connectivity index (χ2v) is 6.82. The molecule has 2 aliphatic rings. The van der Waals surface area contributed by atoms with Gasteiger partial charge >= 0.3 is 0 Å². The van der Waals surface area contributed by atoms with Gasteiger partial charge in [-0.05, 0) is 19.3 Å². The van der Waals surface area contributed by atoms with E-state index >= 15 is 0 Å². The summed E-state index contributed by atoms with van der Waals surface area (Å²) >= 11 is 0. The van der Waals surface area contributed by atoms with Gasteiger partial charge in [-0.2, -0.15) is 0 Å². The Labute approximate surface area is 90.3 Å². The Morgan fingerprint density at radius 2 is 1.80 bits per heavy atom. The molecule has 15 heavy (non-hydrogen) atoms. The number of sulfone groups is 1. The number of amides is 1. The molecular formula is C10H17NO3S. The number of nitrogens with one attached hydrogen (secondary N) is 1. The summed E-state index contributed by atoms with van der Waals surface area (Å²) in [5.41, 5.74) is 0. The molecule has 1 atom stereocenters. The van der Waals surface area contributed by atoms with Crippen LogP contribution in [0, 0.1) is 5.92 Å². The molecule has 4 nitrogen and oxygen atoms in total. The van der Waals surface area contributed by atoms with Crippen LogP contribution in [0.4, 0.5) is 0 Å². The minimum Gasteiger partial charge on any atom is -0.353 e. The van der Waals surface area contributed by atoms with Gasteiger partial charge in [-0.3, -0.25) is 4.79 Å². The van der Waals surface area contributed by atoms with E-state index in [1.165, 1.54) is 12.8 Å². The molecule has 0 aromatic heterocycles. The van der Waals surface area contributed by atoms with Crippen molar-refractivity contribution in [2.24, 2.45) is 5.92 Å². The number of carbonyl (C=O) groups excluding carboxylic acids is 1. The van der Waals surface area contributed by atoms with Crippen LogP contribution in [0.2, 0.25) is 0 Å². The lowest BCUT2D eigenvalue weighted by Crippen LogP contribution is -2.37. The highest BCUT2D eigenvalue weighted by molar-refractivity contribution is 7.91. The van der Waals surface area contributed by atoms with Crippen LogP contribution < -0.4 is 5.32 Å². The molecule has 2 fully saturated rings. The van der Waals surface area contributed by atoms with Gasteiger partial charge in [0.15, 0.2) is 9.84 Å². The van der Waals surface area contributed by atoms with E-state index in [0.29, 0.717) is 12.5 Å². The number of carbonyl (C=O) groups is 1. The summed E-state index contributed by atoms with van der Waals surface area (Å²) in [5, 5.41) is 2.96. The van der Waals surface area contributed by atoms with Gasteiger partial charge in [0.1, 0.15) is 0 Å². The highest BCUT2D eigenvalue weighted by Crippen LogP contribution is 2.21. The van der Waals surface area contributed by atoms with Crippen molar-refractivity contribution in [1.29, 1.82) is 0 Å². The van der Waals surface area contributed by atoms with E-state index < -0.39 is 9.84 Å². The highest BCUT2D eigenvalue weighted by Gasteiger charge is 2.33. The summed E-state index contributed by atoms with van der Waals surface area (Å²) in [7, 11) is -2.93. The van der Waals surface area contributed by atoms with Crippen LogP contribution in [-0.2, 0) is 14.6 Å². The molecule has 0 aromatic carbocycles. The fraction of sp³-hybridized carbons (Fsp3) is 0.900. The number of hydrogen-bond donors (Lipinski definition) is 1. The standard InChI is InChI=1S/C10H17NO3S/c12-10(11-9-3-1-2-4-9)8-5-6-15(13,14)7-8/h8-9H,1-7H2,(H,11,12). The predicted molar refractivity (Wildman–Crippen MR) is 57.2 cm³/mol. The van der Waals surface area contributed by atoms with Crippen LogP contribution >= 0.6 is 0 Å². The summed E-state index contributed by atoms with van der Waals surface area (Å²) in [4.78, 5) is 11.7. The Balaban J connectivity index is 1.86. The van der Waals surface area contributed by atoms with E-state index in [9.17, 15) is 13.2 Å². The summed E-state index contributed by atoms with van der Waals surface area (Å²) in [6.45, 7) is 0. The zero-order chi connectivity index (χ0) is 10.9. The lowest BCUT2D eigenvalue weighted by Gasteiger charge is -2.14. The molecule has 1 saturated carbocycles. The fourth-order valence-corrected chi connectivity index (χ4v) is 4.13. The van der Waals surface area contributed by atoms with Crippen LogP contribution in [0.15, 0.2) is 0 Å². The van der Waals surface area contributed by atoms with Gasteiger partial charge in [0.25, 0.3) is 0 Å². The quantitative estimate of drug-likeness (QED) is 0.752. The molecule has 1 aliphatic heterocycles. The summed E-state index contributed by atoms with van der Waals surface area (Å²) in [6, 6.07) is 0.292. The predicted octanol–water partition coefficient (Wildman–Crippen LogP) is 0.480. The fourth-order valence-electron chi connectivity index (χ4n) is 2.39. The Morgan fingerprint density at radius 1 is 1.13 bits per heavy atom. The van der Waals surface area contributed by atoms with Crippen molar-refractivity contribution in [1.82, 2.24) is 5.32 Å². The first-order valence-corrected chi connectivity index (χ1v) is 7.40. The third-order valence-electron chi connectivity index (χ3n) is 3.30. The summed E-state index contributed by atoms with van der Waals surface area (Å²) < 4.78 is 22.4. The van der Waals surface area contributed by atoms with Crippen molar-refractivity contribution in [3.63, 3.8) is 0 Å². The van der Waals surface area contributed by atoms with Crippen LogP contribution in [0.1, 0.15) is 32.1 Å². The van der Waals surface area contributed by atoms with Gasteiger partial charge in [-0.1, -0.05) is 12.8 Å². The SMILES string of the molecule is O=C(NC1CCCC1)C1CCS(=O)(=O)C1. The maximum Gasteiger partial charge on any atom is 0.224 e. The van der Waals surface area contributed by atoms with Crippen molar-refractivity contribution in [3.05, 3.63) is 0 Å². The highest BCUT2D eigenvalue weighted by atomic mass is 32.2. The molecule has 0 spiro atoms. The van der Waals surface area contributed by atoms with Crippen molar-refractivity contribution in [2.45, 2.75) is 38.1 Å². The molecule has 0 aromatic rings. The molecule has 0 radical (unpaired) electrons.